The molecule has 2 aliphatic heterocycles. The van der Waals surface area contributed by atoms with E-state index >= 15 is 0 Å². The lowest BCUT2D eigenvalue weighted by atomic mass is 9.83. The number of piperidine rings is 1. The van der Waals surface area contributed by atoms with Crippen LogP contribution in [0.3, 0.4) is 0 Å². The van der Waals surface area contributed by atoms with Crippen LogP contribution in [0.1, 0.15) is 53.0 Å². The van der Waals surface area contributed by atoms with Gasteiger partial charge in [0.15, 0.2) is 17.3 Å². The molecule has 2 aromatic heterocycles. The van der Waals surface area contributed by atoms with Crippen molar-refractivity contribution in [3.63, 3.8) is 0 Å². The molecule has 0 aliphatic carbocycles. The van der Waals surface area contributed by atoms with Crippen molar-refractivity contribution in [2.24, 2.45) is 5.92 Å². The van der Waals surface area contributed by atoms with Crippen LogP contribution >= 0.6 is 0 Å². The fourth-order valence-electron chi connectivity index (χ4n) is 6.99. The van der Waals surface area contributed by atoms with E-state index in [4.69, 9.17) is 23.4 Å². The number of carbonyl (C=O) groups excluding carboxylic acids is 1. The predicted octanol–water partition coefficient (Wildman–Crippen LogP) is 4.46. The van der Waals surface area contributed by atoms with Gasteiger partial charge in [0.1, 0.15) is 11.5 Å². The number of para-hydroxylation sites is 1. The van der Waals surface area contributed by atoms with Gasteiger partial charge in [-0.1, -0.05) is 30.3 Å². The maximum atomic E-state index is 13.2. The van der Waals surface area contributed by atoms with Gasteiger partial charge in [-0.25, -0.2) is 0 Å². The Morgan fingerprint density at radius 1 is 0.979 bits per heavy atom. The van der Waals surface area contributed by atoms with E-state index in [1.54, 1.807) is 37.4 Å². The minimum atomic E-state index is -0.921. The molecule has 6 rings (SSSR count). The SMILES string of the molecule is COC(=O)C[C@H](c1cccc(OC)c1OCCc1ccc(OC)cc1)c1oc(CN2C[C@@H]3C[C@H](C2)c2cccc(=O)n2C3)cc(=O)c1O. The number of methoxy groups -OCH3 is 3. The quantitative estimate of drug-likeness (QED) is 0.218. The molecule has 0 unspecified atom stereocenters. The number of nitrogens with zero attached hydrogens (tertiary/aromatic N) is 2. The molecule has 252 valence electrons. The van der Waals surface area contributed by atoms with Crippen LogP contribution in [-0.2, 0) is 29.0 Å². The van der Waals surface area contributed by atoms with Gasteiger partial charge in [-0.3, -0.25) is 19.3 Å². The van der Waals surface area contributed by atoms with Crippen LogP contribution in [0.2, 0.25) is 0 Å². The summed E-state index contributed by atoms with van der Waals surface area (Å²) in [7, 11) is 4.42. The Labute approximate surface area is 278 Å². The van der Waals surface area contributed by atoms with E-state index in [0.29, 0.717) is 48.9 Å². The van der Waals surface area contributed by atoms with Crippen molar-refractivity contribution in [1.29, 1.82) is 0 Å². The van der Waals surface area contributed by atoms with Gasteiger partial charge in [-0.05, 0) is 42.2 Å². The number of hydrogen-bond acceptors (Lipinski definition) is 10. The molecule has 2 aromatic carbocycles. The molecule has 4 heterocycles. The van der Waals surface area contributed by atoms with Crippen LogP contribution in [0.4, 0.5) is 0 Å². The maximum Gasteiger partial charge on any atom is 0.306 e. The van der Waals surface area contributed by atoms with E-state index in [1.807, 2.05) is 34.9 Å². The van der Waals surface area contributed by atoms with E-state index in [9.17, 15) is 19.5 Å². The molecule has 0 spiro atoms. The van der Waals surface area contributed by atoms with E-state index in [0.717, 1.165) is 30.0 Å². The fraction of sp³-hybridized carbons (Fsp3) is 0.378. The number of pyridine rings is 1. The lowest BCUT2D eigenvalue weighted by molar-refractivity contribution is -0.140. The zero-order valence-corrected chi connectivity index (χ0v) is 27.3. The number of benzene rings is 2. The highest BCUT2D eigenvalue weighted by Crippen LogP contribution is 2.43. The Morgan fingerprint density at radius 3 is 2.52 bits per heavy atom. The molecule has 4 aromatic rings. The Balaban J connectivity index is 1.30. The molecule has 48 heavy (non-hydrogen) atoms. The highest BCUT2D eigenvalue weighted by molar-refractivity contribution is 5.72. The van der Waals surface area contributed by atoms with E-state index in [1.165, 1.54) is 20.3 Å². The van der Waals surface area contributed by atoms with Crippen LogP contribution < -0.4 is 25.2 Å². The minimum Gasteiger partial charge on any atom is -0.502 e. The van der Waals surface area contributed by atoms with Crippen LogP contribution in [0, 0.1) is 5.92 Å². The average Bonchev–Trinajstić information content (AvgIpc) is 3.09. The van der Waals surface area contributed by atoms with Crippen molar-refractivity contribution in [2.45, 2.75) is 44.2 Å². The number of carbonyl (C=O) groups is 1. The molecular weight excluding hydrogens is 616 g/mol. The van der Waals surface area contributed by atoms with Crippen molar-refractivity contribution in [3.8, 4) is 23.0 Å². The smallest absolute Gasteiger partial charge is 0.306 e. The summed E-state index contributed by atoms with van der Waals surface area (Å²) < 4.78 is 30.4. The lowest BCUT2D eigenvalue weighted by Crippen LogP contribution is -2.46. The first-order valence-corrected chi connectivity index (χ1v) is 16.0. The average molecular weight is 657 g/mol. The third kappa shape index (κ3) is 6.96. The van der Waals surface area contributed by atoms with E-state index in [2.05, 4.69) is 4.90 Å². The third-order valence-electron chi connectivity index (χ3n) is 9.25. The highest BCUT2D eigenvalue weighted by Gasteiger charge is 2.35. The van der Waals surface area contributed by atoms with Gasteiger partial charge in [-0.2, -0.15) is 0 Å². The number of likely N-dealkylation sites (tertiary alicyclic amines) is 1. The first-order valence-electron chi connectivity index (χ1n) is 16.0. The fourth-order valence-corrected chi connectivity index (χ4v) is 6.99. The minimum absolute atomic E-state index is 0.0168. The van der Waals surface area contributed by atoms with Crippen LogP contribution in [0.15, 0.2) is 80.7 Å². The maximum absolute atomic E-state index is 13.2. The van der Waals surface area contributed by atoms with Gasteiger partial charge < -0.3 is 33.0 Å². The lowest BCUT2D eigenvalue weighted by Gasteiger charge is -2.42. The van der Waals surface area contributed by atoms with Crippen LogP contribution in [0.5, 0.6) is 23.0 Å². The highest BCUT2D eigenvalue weighted by atomic mass is 16.5. The summed E-state index contributed by atoms with van der Waals surface area (Å²) in [6.45, 7) is 2.66. The molecule has 2 bridgehead atoms. The molecule has 0 amide bonds. The van der Waals surface area contributed by atoms with Gasteiger partial charge in [0.25, 0.3) is 5.56 Å². The topological polar surface area (TPSA) is 130 Å². The van der Waals surface area contributed by atoms with Crippen molar-refractivity contribution in [2.75, 3.05) is 41.0 Å². The molecule has 3 atom stereocenters. The largest absolute Gasteiger partial charge is 0.502 e. The molecular formula is C37H40N2O9. The molecule has 0 radical (unpaired) electrons. The summed E-state index contributed by atoms with van der Waals surface area (Å²) in [5, 5.41) is 11.1. The normalized spacial score (nSPS) is 17.6. The molecule has 11 nitrogen and oxygen atoms in total. The second-order valence-electron chi connectivity index (χ2n) is 12.3. The standard InChI is InChI=1S/C37H40N2O9/c1-44-26-12-10-23(11-13-26)14-15-47-36-28(6-4-8-32(36)45-2)29(18-34(42)46-3)37-35(43)31(40)17-27(48-37)22-38-19-24-16-25(21-38)30-7-5-9-33(41)39(30)20-24/h4-13,17,24-25,29,43H,14-16,18-22H2,1-3H3/t24-,25+,29+/m0/s1. The van der Waals surface area contributed by atoms with E-state index in [-0.39, 0.29) is 36.2 Å². The van der Waals surface area contributed by atoms with Gasteiger partial charge in [0.05, 0.1) is 46.8 Å². The summed E-state index contributed by atoms with van der Waals surface area (Å²) in [5.74, 6) is 0.255. The molecule has 0 saturated carbocycles. The molecule has 1 fully saturated rings. The summed E-state index contributed by atoms with van der Waals surface area (Å²) in [6, 6.07) is 19.6. The summed E-state index contributed by atoms with van der Waals surface area (Å²) in [4.78, 5) is 40.7. The van der Waals surface area contributed by atoms with Crippen LogP contribution in [0.25, 0.3) is 0 Å². The molecule has 1 N–H and O–H groups in total. The number of fused-ring (bicyclic) bond motifs is 4. The van der Waals surface area contributed by atoms with Gasteiger partial charge in [0, 0.05) is 55.4 Å². The number of esters is 1. The number of rotatable bonds is 12. The zero-order valence-electron chi connectivity index (χ0n) is 27.3. The molecule has 11 heteroatoms. The first kappa shape index (κ1) is 32.9. The number of aromatic hydroxyl groups is 1. The van der Waals surface area contributed by atoms with Gasteiger partial charge in [-0.15, -0.1) is 0 Å². The number of hydrogen-bond donors (Lipinski definition) is 1. The Morgan fingerprint density at radius 2 is 1.77 bits per heavy atom. The van der Waals surface area contributed by atoms with Gasteiger partial charge in [0.2, 0.25) is 11.2 Å². The zero-order chi connectivity index (χ0) is 33.8. The first-order chi connectivity index (χ1) is 23.3. The summed E-state index contributed by atoms with van der Waals surface area (Å²) in [6.07, 6.45) is 1.34. The third-order valence-corrected chi connectivity index (χ3v) is 9.25. The van der Waals surface area contributed by atoms with Crippen molar-refractivity contribution >= 4 is 5.97 Å². The van der Waals surface area contributed by atoms with Gasteiger partial charge >= 0.3 is 5.97 Å². The monoisotopic (exact) mass is 656 g/mol. The Bertz CT molecular complexity index is 1880. The van der Waals surface area contributed by atoms with Crippen molar-refractivity contribution < 1.29 is 33.3 Å². The second-order valence-corrected chi connectivity index (χ2v) is 12.3. The predicted molar refractivity (Wildman–Crippen MR) is 177 cm³/mol. The number of aromatic nitrogens is 1. The molecule has 1 saturated heterocycles. The Hall–Kier alpha value is -5.03. The van der Waals surface area contributed by atoms with Crippen molar-refractivity contribution in [1.82, 2.24) is 9.47 Å². The summed E-state index contributed by atoms with van der Waals surface area (Å²) in [5.41, 5.74) is 1.96. The van der Waals surface area contributed by atoms with E-state index < -0.39 is 23.1 Å². The van der Waals surface area contributed by atoms with Crippen LogP contribution in [-0.4, -0.2) is 61.6 Å². The summed E-state index contributed by atoms with van der Waals surface area (Å²) >= 11 is 0. The molecule has 2 aliphatic rings. The van der Waals surface area contributed by atoms with Crippen molar-refractivity contribution in [3.05, 3.63) is 116 Å². The number of ether oxygens (including phenoxy) is 4. The second kappa shape index (κ2) is 14.4. The Kier molecular flexibility index (Phi) is 9.86.